The molecule has 0 bridgehead atoms. The highest BCUT2D eigenvalue weighted by atomic mass is 16.5. The second-order valence-electron chi connectivity index (χ2n) is 5.96. The molecule has 2 rings (SSSR count). The molecule has 0 fully saturated rings. The average Bonchev–Trinajstić information content (AvgIpc) is 2.61. The van der Waals surface area contributed by atoms with Crippen molar-refractivity contribution in [2.24, 2.45) is 0 Å². The number of benzene rings is 2. The molecule has 0 aliphatic heterocycles. The summed E-state index contributed by atoms with van der Waals surface area (Å²) in [5, 5.41) is 2.92. The first-order valence-corrected chi connectivity index (χ1v) is 8.49. The van der Waals surface area contributed by atoms with E-state index in [0.29, 0.717) is 12.8 Å². The quantitative estimate of drug-likeness (QED) is 0.541. The predicted octanol–water partition coefficient (Wildman–Crippen LogP) is 5.43. The average molecular weight is 335 g/mol. The van der Waals surface area contributed by atoms with Gasteiger partial charge in [0.1, 0.15) is 11.5 Å². The van der Waals surface area contributed by atoms with Crippen LogP contribution in [0.4, 0.5) is 5.69 Å². The molecule has 3 nitrogen and oxygen atoms in total. The van der Waals surface area contributed by atoms with E-state index >= 15 is 0 Å². The highest BCUT2D eigenvalue weighted by molar-refractivity contribution is 5.90. The molecule has 0 aromatic heterocycles. The Balaban J connectivity index is 1.82. The number of aryl methyl sites for hydroxylation is 2. The minimum absolute atomic E-state index is 0.0225. The standard InChI is InChI=1S/C22H25NO2/c1-4-5-6-18(3)25-21-14-9-19(10-15-21)11-16-22(24)23-20-12-7-17(2)8-13-20/h4-10,12-15H,11,16H2,1-3H3,(H,23,24). The fourth-order valence-corrected chi connectivity index (χ4v) is 2.29. The molecule has 2 aromatic carbocycles. The van der Waals surface area contributed by atoms with Crippen molar-refractivity contribution in [2.45, 2.75) is 33.6 Å². The zero-order chi connectivity index (χ0) is 18.1. The molecule has 2 aromatic rings. The van der Waals surface area contributed by atoms with Crippen LogP contribution < -0.4 is 10.1 Å². The van der Waals surface area contributed by atoms with E-state index in [4.69, 9.17) is 4.74 Å². The Morgan fingerprint density at radius 2 is 1.76 bits per heavy atom. The van der Waals surface area contributed by atoms with Gasteiger partial charge in [-0.25, -0.2) is 0 Å². The Morgan fingerprint density at radius 1 is 1.08 bits per heavy atom. The number of carbonyl (C=O) groups is 1. The summed E-state index contributed by atoms with van der Waals surface area (Å²) in [7, 11) is 0. The summed E-state index contributed by atoms with van der Waals surface area (Å²) >= 11 is 0. The lowest BCUT2D eigenvalue weighted by Gasteiger charge is -2.08. The molecule has 0 aliphatic carbocycles. The maximum absolute atomic E-state index is 12.0. The van der Waals surface area contributed by atoms with E-state index in [9.17, 15) is 4.79 Å². The smallest absolute Gasteiger partial charge is 0.224 e. The third-order valence-electron chi connectivity index (χ3n) is 3.70. The van der Waals surface area contributed by atoms with Crippen molar-refractivity contribution < 1.29 is 9.53 Å². The van der Waals surface area contributed by atoms with Gasteiger partial charge in [-0.3, -0.25) is 4.79 Å². The van der Waals surface area contributed by atoms with Gasteiger partial charge in [-0.1, -0.05) is 42.0 Å². The molecule has 25 heavy (non-hydrogen) atoms. The summed E-state index contributed by atoms with van der Waals surface area (Å²) in [4.78, 5) is 12.0. The Hall–Kier alpha value is -2.81. The molecule has 0 aliphatic rings. The molecular formula is C22H25NO2. The van der Waals surface area contributed by atoms with E-state index in [-0.39, 0.29) is 5.91 Å². The van der Waals surface area contributed by atoms with Gasteiger partial charge in [0.25, 0.3) is 0 Å². The number of rotatable bonds is 7. The van der Waals surface area contributed by atoms with Crippen molar-refractivity contribution >= 4 is 11.6 Å². The van der Waals surface area contributed by atoms with E-state index < -0.39 is 0 Å². The summed E-state index contributed by atoms with van der Waals surface area (Å²) in [5.74, 6) is 1.66. The van der Waals surface area contributed by atoms with E-state index in [1.54, 1.807) is 0 Å². The number of anilines is 1. The lowest BCUT2D eigenvalue weighted by Crippen LogP contribution is -2.12. The molecule has 0 heterocycles. The minimum atomic E-state index is 0.0225. The van der Waals surface area contributed by atoms with E-state index in [0.717, 1.165) is 22.8 Å². The van der Waals surface area contributed by atoms with E-state index in [1.165, 1.54) is 5.56 Å². The van der Waals surface area contributed by atoms with Crippen molar-refractivity contribution in [1.82, 2.24) is 0 Å². The fourth-order valence-electron chi connectivity index (χ4n) is 2.29. The fraction of sp³-hybridized carbons (Fsp3) is 0.227. The molecule has 0 unspecified atom stereocenters. The van der Waals surface area contributed by atoms with Crippen LogP contribution in [0.1, 0.15) is 31.4 Å². The molecular weight excluding hydrogens is 310 g/mol. The molecule has 0 atom stereocenters. The Labute approximate surface area is 150 Å². The summed E-state index contributed by atoms with van der Waals surface area (Å²) in [6, 6.07) is 15.7. The Kier molecular flexibility index (Phi) is 7.02. The van der Waals surface area contributed by atoms with Crippen molar-refractivity contribution in [1.29, 1.82) is 0 Å². The minimum Gasteiger partial charge on any atom is -0.462 e. The maximum atomic E-state index is 12.0. The van der Waals surface area contributed by atoms with Gasteiger partial charge in [0.15, 0.2) is 0 Å². The lowest BCUT2D eigenvalue weighted by molar-refractivity contribution is -0.116. The summed E-state index contributed by atoms with van der Waals surface area (Å²) in [6.07, 6.45) is 6.97. The van der Waals surface area contributed by atoms with Gasteiger partial charge in [-0.2, -0.15) is 0 Å². The molecule has 0 radical (unpaired) electrons. The van der Waals surface area contributed by atoms with Crippen molar-refractivity contribution in [3.8, 4) is 5.75 Å². The van der Waals surface area contributed by atoms with Crippen LogP contribution in [-0.2, 0) is 11.2 Å². The normalized spacial score (nSPS) is 11.6. The second kappa shape index (κ2) is 9.48. The molecule has 3 heteroatoms. The second-order valence-corrected chi connectivity index (χ2v) is 5.96. The van der Waals surface area contributed by atoms with Crippen molar-refractivity contribution in [3.05, 3.63) is 83.6 Å². The third kappa shape index (κ3) is 6.68. The highest BCUT2D eigenvalue weighted by Crippen LogP contribution is 2.16. The maximum Gasteiger partial charge on any atom is 0.224 e. The van der Waals surface area contributed by atoms with Crippen LogP contribution in [0.3, 0.4) is 0 Å². The van der Waals surface area contributed by atoms with Crippen LogP contribution in [0.5, 0.6) is 5.75 Å². The molecule has 0 spiro atoms. The van der Waals surface area contributed by atoms with Gasteiger partial charge in [-0.15, -0.1) is 0 Å². The summed E-state index contributed by atoms with van der Waals surface area (Å²) in [5.41, 5.74) is 3.13. The van der Waals surface area contributed by atoms with Crippen LogP contribution in [0.2, 0.25) is 0 Å². The van der Waals surface area contributed by atoms with Crippen molar-refractivity contribution in [2.75, 3.05) is 5.32 Å². The monoisotopic (exact) mass is 335 g/mol. The molecule has 1 N–H and O–H groups in total. The SMILES string of the molecule is CC=CC=C(C)Oc1ccc(CCC(=O)Nc2ccc(C)cc2)cc1. The number of hydrogen-bond acceptors (Lipinski definition) is 2. The van der Waals surface area contributed by atoms with Gasteiger partial charge in [0, 0.05) is 12.1 Å². The van der Waals surface area contributed by atoms with Gasteiger partial charge in [0.2, 0.25) is 5.91 Å². The highest BCUT2D eigenvalue weighted by Gasteiger charge is 2.04. The first-order chi connectivity index (χ1) is 12.1. The third-order valence-corrected chi connectivity index (χ3v) is 3.70. The number of amides is 1. The zero-order valence-corrected chi connectivity index (χ0v) is 15.1. The molecule has 1 amide bonds. The topological polar surface area (TPSA) is 38.3 Å². The molecule has 0 saturated carbocycles. The van der Waals surface area contributed by atoms with E-state index in [1.807, 2.05) is 87.5 Å². The zero-order valence-electron chi connectivity index (χ0n) is 15.1. The number of nitrogens with one attached hydrogen (secondary N) is 1. The van der Waals surface area contributed by atoms with Crippen LogP contribution in [0.25, 0.3) is 0 Å². The number of ether oxygens (including phenoxy) is 1. The van der Waals surface area contributed by atoms with E-state index in [2.05, 4.69) is 5.32 Å². The van der Waals surface area contributed by atoms with Gasteiger partial charge < -0.3 is 10.1 Å². The first-order valence-electron chi connectivity index (χ1n) is 8.49. The van der Waals surface area contributed by atoms with Crippen LogP contribution >= 0.6 is 0 Å². The lowest BCUT2D eigenvalue weighted by atomic mass is 10.1. The van der Waals surface area contributed by atoms with Crippen molar-refractivity contribution in [3.63, 3.8) is 0 Å². The Bertz CT molecular complexity index is 741. The largest absolute Gasteiger partial charge is 0.462 e. The first kappa shape index (κ1) is 18.5. The van der Waals surface area contributed by atoms with Crippen LogP contribution in [0, 0.1) is 6.92 Å². The number of hydrogen-bond donors (Lipinski definition) is 1. The van der Waals surface area contributed by atoms with Gasteiger partial charge >= 0.3 is 0 Å². The molecule has 130 valence electrons. The van der Waals surface area contributed by atoms with Crippen LogP contribution in [0.15, 0.2) is 72.5 Å². The van der Waals surface area contributed by atoms with Gasteiger partial charge in [-0.05, 0) is 63.1 Å². The van der Waals surface area contributed by atoms with Gasteiger partial charge in [0.05, 0.1) is 0 Å². The summed E-state index contributed by atoms with van der Waals surface area (Å²) in [6.45, 7) is 5.91. The summed E-state index contributed by atoms with van der Waals surface area (Å²) < 4.78 is 5.72. The Morgan fingerprint density at radius 3 is 2.40 bits per heavy atom. The number of carbonyl (C=O) groups excluding carboxylic acids is 1. The molecule has 0 saturated heterocycles. The van der Waals surface area contributed by atoms with Crippen LogP contribution in [-0.4, -0.2) is 5.91 Å². The number of allylic oxidation sites excluding steroid dienone is 4. The predicted molar refractivity (Wildman–Crippen MR) is 104 cm³/mol.